The fraction of sp³-hybridized carbons (Fsp3) is 0.100. The number of alkyl halides is 1. The van der Waals surface area contributed by atoms with Gasteiger partial charge in [0.1, 0.15) is 5.01 Å². The number of hydrogen-bond acceptors (Lipinski definition) is 5. The van der Waals surface area contributed by atoms with E-state index in [0.717, 1.165) is 11.3 Å². The van der Waals surface area contributed by atoms with Crippen LogP contribution in [-0.4, -0.2) is 20.0 Å². The van der Waals surface area contributed by atoms with Crippen LogP contribution < -0.4 is 4.89 Å². The molecule has 1 heterocycles. The van der Waals surface area contributed by atoms with Crippen LogP contribution in [0.15, 0.2) is 29.6 Å². The van der Waals surface area contributed by atoms with Gasteiger partial charge in [-0.15, -0.1) is 11.3 Å². The summed E-state index contributed by atoms with van der Waals surface area (Å²) in [6.45, 7) is 0. The van der Waals surface area contributed by atoms with E-state index in [-0.39, 0.29) is 15.6 Å². The van der Waals surface area contributed by atoms with Gasteiger partial charge >= 0.3 is 5.69 Å². The van der Waals surface area contributed by atoms with Crippen LogP contribution in [0.3, 0.4) is 0 Å². The monoisotopic (exact) mass is 318 g/mol. The topological polar surface area (TPSA) is 114 Å². The minimum Gasteiger partial charge on any atom is -0.776 e. The molecule has 0 radical (unpaired) electrons. The molecule has 0 saturated carbocycles. The summed E-state index contributed by atoms with van der Waals surface area (Å²) in [6.07, 6.45) is 0. The van der Waals surface area contributed by atoms with Crippen molar-refractivity contribution in [3.05, 3.63) is 39.6 Å². The van der Waals surface area contributed by atoms with Gasteiger partial charge in [0.15, 0.2) is 7.60 Å². The Balaban J connectivity index is 2.29. The van der Waals surface area contributed by atoms with Crippen LogP contribution in [0.4, 0.5) is 10.1 Å². The van der Waals surface area contributed by atoms with Crippen LogP contribution in [0.1, 0.15) is 10.9 Å². The smallest absolute Gasteiger partial charge is 0.316 e. The summed E-state index contributed by atoms with van der Waals surface area (Å²) in [4.78, 5) is 33.4. The normalized spacial score (nSPS) is 15.6. The van der Waals surface area contributed by atoms with E-state index in [9.17, 15) is 18.8 Å². The van der Waals surface area contributed by atoms with Gasteiger partial charge in [0, 0.05) is 23.1 Å². The lowest BCUT2D eigenvalue weighted by atomic mass is 10.1. The lowest BCUT2D eigenvalue weighted by Gasteiger charge is -2.17. The van der Waals surface area contributed by atoms with E-state index >= 15 is 0 Å². The fourth-order valence-electron chi connectivity index (χ4n) is 1.43. The first kappa shape index (κ1) is 14.7. The van der Waals surface area contributed by atoms with Crippen LogP contribution in [0.25, 0.3) is 11.3 Å². The maximum Gasteiger partial charge on any atom is 0.316 e. The first-order chi connectivity index (χ1) is 9.29. The van der Waals surface area contributed by atoms with Gasteiger partial charge in [0.05, 0.1) is 10.6 Å². The largest absolute Gasteiger partial charge is 0.776 e. The average molecular weight is 318 g/mol. The molecule has 2 aromatic rings. The molecule has 1 aromatic carbocycles. The molecule has 0 saturated heterocycles. The molecule has 0 fully saturated rings. The zero-order valence-corrected chi connectivity index (χ0v) is 11.4. The number of hydrogen-bond donors (Lipinski definition) is 2. The summed E-state index contributed by atoms with van der Waals surface area (Å²) in [7, 11) is -5.13. The Morgan fingerprint density at radius 2 is 2.00 bits per heavy atom. The Kier molecular flexibility index (Phi) is 3.96. The maximum atomic E-state index is 13.4. The standard InChI is InChI=1S/C10H8FN2O5PS/c11-9(19(16,17)18)10-12-8(5-20-10)6-1-3-7(4-2-6)13(14)15/h1-5,9H,(H2-,14,15,16,17,18). The number of rotatable bonds is 4. The second-order valence-electron chi connectivity index (χ2n) is 3.79. The first-order valence-electron chi connectivity index (χ1n) is 5.18. The van der Waals surface area contributed by atoms with E-state index in [0.29, 0.717) is 11.3 Å². The minimum atomic E-state index is -5.13. The maximum absolute atomic E-state index is 13.4. The van der Waals surface area contributed by atoms with E-state index < -0.39 is 13.5 Å². The van der Waals surface area contributed by atoms with Gasteiger partial charge in [0.25, 0.3) is 4.92 Å². The highest BCUT2D eigenvalue weighted by Gasteiger charge is 2.25. The zero-order chi connectivity index (χ0) is 14.9. The van der Waals surface area contributed by atoms with Crippen molar-refractivity contribution in [1.82, 2.24) is 4.98 Å². The van der Waals surface area contributed by atoms with Crippen molar-refractivity contribution in [1.29, 1.82) is 0 Å². The van der Waals surface area contributed by atoms with E-state index in [2.05, 4.69) is 4.98 Å². The molecule has 2 rings (SSSR count). The van der Waals surface area contributed by atoms with Crippen molar-refractivity contribution in [3.63, 3.8) is 0 Å². The van der Waals surface area contributed by atoms with E-state index in [4.69, 9.17) is 10.1 Å². The van der Waals surface area contributed by atoms with Gasteiger partial charge in [-0.05, 0) is 12.1 Å². The van der Waals surface area contributed by atoms with Crippen molar-refractivity contribution in [3.8, 4) is 11.3 Å². The molecule has 106 valence electrons. The highest BCUT2D eigenvalue weighted by Crippen LogP contribution is 2.50. The van der Waals surface area contributed by atoms with Crippen molar-refractivity contribution in [2.75, 3.05) is 0 Å². The van der Waals surface area contributed by atoms with Crippen molar-refractivity contribution in [2.45, 2.75) is 5.91 Å². The quantitative estimate of drug-likeness (QED) is 0.659. The number of aromatic nitrogens is 1. The second kappa shape index (κ2) is 5.37. The minimum absolute atomic E-state index is 0.00647. The second-order valence-corrected chi connectivity index (χ2v) is 6.26. The van der Waals surface area contributed by atoms with E-state index in [1.165, 1.54) is 29.6 Å². The van der Waals surface area contributed by atoms with Crippen molar-refractivity contribution < 1.29 is 28.9 Å². The Bertz CT molecular complexity index is 683. The van der Waals surface area contributed by atoms with E-state index in [1.807, 2.05) is 0 Å². The number of thiazole rings is 1. The lowest BCUT2D eigenvalue weighted by Crippen LogP contribution is -2.05. The number of halogens is 1. The summed E-state index contributed by atoms with van der Waals surface area (Å²) in [5.74, 6) is -2.56. The molecule has 20 heavy (non-hydrogen) atoms. The van der Waals surface area contributed by atoms with Gasteiger partial charge in [-0.1, -0.05) is 0 Å². The summed E-state index contributed by atoms with van der Waals surface area (Å²) in [5, 5.41) is 9.71. The molecule has 2 N–H and O–H groups in total. The number of nitrogens with zero attached hydrogens (tertiary/aromatic N) is 2. The molecule has 10 heteroatoms. The molecule has 7 nitrogen and oxygen atoms in total. The molecule has 0 aliphatic rings. The lowest BCUT2D eigenvalue weighted by molar-refractivity contribution is -0.729. The Labute approximate surface area is 116 Å². The highest BCUT2D eigenvalue weighted by atomic mass is 32.1. The summed E-state index contributed by atoms with van der Waals surface area (Å²) in [6, 6.07) is 5.55. The Morgan fingerprint density at radius 1 is 1.40 bits per heavy atom. The molecule has 0 spiro atoms. The van der Waals surface area contributed by atoms with Crippen LogP contribution >= 0.6 is 18.9 Å². The third-order valence-electron chi connectivity index (χ3n) is 2.40. The molecule has 2 unspecified atom stereocenters. The van der Waals surface area contributed by atoms with Gasteiger partial charge < -0.3 is 14.4 Å². The summed E-state index contributed by atoms with van der Waals surface area (Å²) < 4.78 is 24.1. The highest BCUT2D eigenvalue weighted by molar-refractivity contribution is 7.50. The molecule has 0 amide bonds. The summed E-state index contributed by atoms with van der Waals surface area (Å²) in [5.41, 5.74) is 0.805. The third kappa shape index (κ3) is 3.07. The van der Waals surface area contributed by atoms with Gasteiger partial charge in [-0.3, -0.25) is 0 Å². The molecule has 1 aromatic heterocycles. The van der Waals surface area contributed by atoms with Crippen LogP contribution in [0.2, 0.25) is 0 Å². The average Bonchev–Trinajstić information content (AvgIpc) is 2.86. The van der Waals surface area contributed by atoms with Crippen LogP contribution in [0.5, 0.6) is 0 Å². The molecular weight excluding hydrogens is 310 g/mol. The van der Waals surface area contributed by atoms with Crippen LogP contribution in [0, 0.1) is 4.91 Å². The summed E-state index contributed by atoms with van der Waals surface area (Å²) >= 11 is 0.750. The number of benzene rings is 1. The molecule has 0 bridgehead atoms. The predicted molar refractivity (Wildman–Crippen MR) is 66.3 cm³/mol. The van der Waals surface area contributed by atoms with Gasteiger partial charge in [0.2, 0.25) is 5.91 Å². The van der Waals surface area contributed by atoms with Gasteiger partial charge in [-0.2, -0.15) is 0 Å². The SMILES string of the molecule is O=[N+](O)c1ccc(-c2csc(C(F)P(=O)([O-])O)n2)cc1. The Morgan fingerprint density at radius 3 is 2.50 bits per heavy atom. The van der Waals surface area contributed by atoms with Crippen LogP contribution in [-0.2, 0) is 4.57 Å². The molecule has 2 atom stereocenters. The predicted octanol–water partition coefficient (Wildman–Crippen LogP) is 2.12. The third-order valence-corrected chi connectivity index (χ3v) is 4.27. The molecule has 0 aliphatic heterocycles. The van der Waals surface area contributed by atoms with Gasteiger partial charge in [-0.25, -0.2) is 14.6 Å². The Hall–Kier alpha value is -1.67. The zero-order valence-electron chi connectivity index (χ0n) is 9.71. The first-order valence-corrected chi connectivity index (χ1v) is 7.71. The molecular formula is C10H8FN2O5PS. The fourth-order valence-corrected chi connectivity index (χ4v) is 3.03. The van der Waals surface area contributed by atoms with E-state index in [1.54, 1.807) is 0 Å². The van der Waals surface area contributed by atoms with Crippen molar-refractivity contribution in [2.24, 2.45) is 0 Å². The molecule has 0 aliphatic carbocycles. The van der Waals surface area contributed by atoms with Crippen molar-refractivity contribution >= 4 is 24.6 Å².